The van der Waals surface area contributed by atoms with Crippen molar-refractivity contribution in [3.05, 3.63) is 36.0 Å². The molecule has 0 bridgehead atoms. The zero-order valence-electron chi connectivity index (χ0n) is 44.6. The third-order valence-corrected chi connectivity index (χ3v) is 13.8. The van der Waals surface area contributed by atoms with E-state index >= 15 is 0 Å². The fraction of sp³-hybridized carbons (Fsp3) is 0.647. The minimum absolute atomic E-state index is 0.0178. The van der Waals surface area contributed by atoms with Gasteiger partial charge in [-0.15, -0.1) is 0 Å². The van der Waals surface area contributed by atoms with Crippen LogP contribution in [0.5, 0.6) is 0 Å². The van der Waals surface area contributed by atoms with Crippen LogP contribution in [0.4, 0.5) is 0 Å². The second-order valence-corrected chi connectivity index (χ2v) is 20.7. The summed E-state index contributed by atoms with van der Waals surface area (Å²) in [4.78, 5) is 140. The van der Waals surface area contributed by atoms with Gasteiger partial charge in [-0.05, 0) is 87.8 Å². The number of aliphatic hydroxyl groups excluding tert-OH is 1. The number of carbonyl (C=O) groups excluding carboxylic acids is 8. The summed E-state index contributed by atoms with van der Waals surface area (Å²) in [7, 11) is 0. The molecule has 0 radical (unpaired) electrons. The number of nitrogens with one attached hydrogen (secondary N) is 8. The SMILES string of the molecule is CC[C@H](C)[C@H](NC(=O)[C@H](CS)NC(=O)[C@@H](NC(=O)[C@H](Cc1c[nH]c2ccccc12)NC(=O)[C@H](CCC(=O)O)NC(=O)[C@H](CCCCN)NC(=O)[C@@H]1CCCN1C(=O)[C@H](CC(C)C)NC(=O)[C@@H](N)[C@@H](C)O)C(C)C)C(=O)O. The van der Waals surface area contributed by atoms with Gasteiger partial charge in [0.15, 0.2) is 0 Å². The van der Waals surface area contributed by atoms with Crippen LogP contribution in [0.15, 0.2) is 30.5 Å². The quantitative estimate of drug-likeness (QED) is 0.0326. The Labute approximate surface area is 448 Å². The minimum Gasteiger partial charge on any atom is -0.481 e. The normalized spacial score (nSPS) is 17.4. The van der Waals surface area contributed by atoms with E-state index in [1.165, 1.54) is 11.8 Å². The maximum absolute atomic E-state index is 14.5. The van der Waals surface area contributed by atoms with Gasteiger partial charge in [0.1, 0.15) is 54.4 Å². The number of aliphatic carboxylic acids is 2. The third kappa shape index (κ3) is 19.1. The first kappa shape index (κ1) is 64.0. The number of carbonyl (C=O) groups is 10. The number of benzene rings is 1. The molecule has 8 amide bonds. The van der Waals surface area contributed by atoms with Crippen LogP contribution in [-0.4, -0.2) is 164 Å². The van der Waals surface area contributed by atoms with E-state index in [0.29, 0.717) is 42.1 Å². The van der Waals surface area contributed by atoms with Crippen LogP contribution in [0.3, 0.4) is 0 Å². The Morgan fingerprint density at radius 2 is 1.32 bits per heavy atom. The molecule has 1 saturated heterocycles. The van der Waals surface area contributed by atoms with E-state index in [9.17, 15) is 63.3 Å². The summed E-state index contributed by atoms with van der Waals surface area (Å²) in [5.74, 6) is -10.3. The van der Waals surface area contributed by atoms with E-state index in [-0.39, 0.29) is 50.4 Å². The summed E-state index contributed by atoms with van der Waals surface area (Å²) in [6, 6.07) is -4.62. The van der Waals surface area contributed by atoms with Crippen molar-refractivity contribution in [1.29, 1.82) is 0 Å². The number of aromatic nitrogens is 1. The molecule has 2 aromatic rings. The van der Waals surface area contributed by atoms with Gasteiger partial charge >= 0.3 is 11.9 Å². The Balaban J connectivity index is 1.94. The van der Waals surface area contributed by atoms with Crippen molar-refractivity contribution in [1.82, 2.24) is 47.1 Å². The number of hydrogen-bond acceptors (Lipinski definition) is 14. The largest absolute Gasteiger partial charge is 0.481 e. The molecule has 11 atom stereocenters. The molecular formula is C51H81N11O13S. The van der Waals surface area contributed by atoms with Gasteiger partial charge < -0.3 is 73.9 Å². The van der Waals surface area contributed by atoms with Gasteiger partial charge in [-0.3, -0.25) is 43.2 Å². The zero-order valence-corrected chi connectivity index (χ0v) is 45.5. The van der Waals surface area contributed by atoms with Crippen molar-refractivity contribution in [3.63, 3.8) is 0 Å². The lowest BCUT2D eigenvalue weighted by atomic mass is 9.98. The molecule has 24 nitrogen and oxygen atoms in total. The van der Waals surface area contributed by atoms with E-state index in [2.05, 4.69) is 54.8 Å². The lowest BCUT2D eigenvalue weighted by Gasteiger charge is -2.31. The van der Waals surface area contributed by atoms with Crippen molar-refractivity contribution in [2.75, 3.05) is 18.8 Å². The fourth-order valence-corrected chi connectivity index (χ4v) is 8.96. The molecule has 15 N–H and O–H groups in total. The summed E-state index contributed by atoms with van der Waals surface area (Å²) in [5.41, 5.74) is 12.9. The predicted molar refractivity (Wildman–Crippen MR) is 285 cm³/mol. The molecule has 424 valence electrons. The first-order valence-corrected chi connectivity index (χ1v) is 26.7. The molecule has 0 unspecified atom stereocenters. The van der Waals surface area contributed by atoms with Crippen molar-refractivity contribution in [3.8, 4) is 0 Å². The van der Waals surface area contributed by atoms with Gasteiger partial charge in [0.2, 0.25) is 47.3 Å². The lowest BCUT2D eigenvalue weighted by molar-refractivity contribution is -0.143. The first-order chi connectivity index (χ1) is 35.8. The maximum atomic E-state index is 14.5. The average Bonchev–Trinajstić information content (AvgIpc) is 4.03. The number of likely N-dealkylation sites (tertiary alicyclic amines) is 1. The van der Waals surface area contributed by atoms with Crippen LogP contribution in [0.25, 0.3) is 10.9 Å². The Bertz CT molecular complexity index is 2330. The molecule has 1 aromatic heterocycles. The standard InChI is InChI=1S/C51H81N11O13S/c1-8-28(6)42(51(74)75)61-46(69)37(25-76)59-49(72)41(27(4)5)60-45(68)35(23-30-24-54-32-15-10-9-14-31(30)32)57-44(67)34(18-19-39(64)65)55-43(66)33(16-11-12-20-52)56-47(70)38-17-13-21-62(38)50(73)36(22-26(2)3)58-48(71)40(53)29(7)63/h9-10,14-15,24,26-29,33-38,40-42,54,63,76H,8,11-13,16-23,25,52-53H2,1-7H3,(H,55,66)(H,56,70)(H,57,67)(H,58,71)(H,59,72)(H,60,68)(H,61,69)(H,64,65)(H,74,75)/t28-,29+,33-,34-,35-,36-,37-,38-,40-,41-,42-/m0/s1. The Morgan fingerprint density at radius 3 is 1.89 bits per heavy atom. The Morgan fingerprint density at radius 1 is 0.737 bits per heavy atom. The first-order valence-electron chi connectivity index (χ1n) is 26.0. The lowest BCUT2D eigenvalue weighted by Crippen LogP contribution is -2.61. The molecule has 1 aromatic carbocycles. The fourth-order valence-electron chi connectivity index (χ4n) is 8.70. The van der Waals surface area contributed by atoms with Gasteiger partial charge in [0.25, 0.3) is 0 Å². The summed E-state index contributed by atoms with van der Waals surface area (Å²) in [6.45, 7) is 12.1. The number of unbranched alkanes of at least 4 members (excludes halogenated alkanes) is 1. The van der Waals surface area contributed by atoms with Crippen LogP contribution in [0.1, 0.15) is 112 Å². The number of rotatable bonds is 32. The number of para-hydroxylation sites is 1. The number of carboxylic acid groups (broad SMARTS) is 2. The number of nitrogens with zero attached hydrogens (tertiary/aromatic N) is 1. The minimum atomic E-state index is -1.60. The molecule has 0 aliphatic carbocycles. The number of aliphatic hydroxyl groups is 1. The van der Waals surface area contributed by atoms with Crippen LogP contribution in [-0.2, 0) is 54.4 Å². The molecule has 76 heavy (non-hydrogen) atoms. The Kier molecular flexibility index (Phi) is 26.1. The van der Waals surface area contributed by atoms with Crippen molar-refractivity contribution < 1.29 is 63.3 Å². The summed E-state index contributed by atoms with van der Waals surface area (Å²) >= 11 is 4.22. The molecule has 3 rings (SSSR count). The second kappa shape index (κ2) is 31.0. The average molecular weight is 1090 g/mol. The van der Waals surface area contributed by atoms with Crippen LogP contribution in [0, 0.1) is 17.8 Å². The highest BCUT2D eigenvalue weighted by atomic mass is 32.1. The highest BCUT2D eigenvalue weighted by Gasteiger charge is 2.41. The topological polar surface area (TPSA) is 387 Å². The number of fused-ring (bicyclic) bond motifs is 1. The molecule has 0 saturated carbocycles. The third-order valence-electron chi connectivity index (χ3n) is 13.4. The van der Waals surface area contributed by atoms with Crippen molar-refractivity contribution >= 4 is 82.7 Å². The molecule has 1 aliphatic heterocycles. The maximum Gasteiger partial charge on any atom is 0.326 e. The molecule has 0 spiro atoms. The van der Waals surface area contributed by atoms with Crippen LogP contribution in [0.2, 0.25) is 0 Å². The summed E-state index contributed by atoms with van der Waals surface area (Å²) in [5, 5.41) is 48.4. The molecule has 2 heterocycles. The van der Waals surface area contributed by atoms with Gasteiger partial charge in [0, 0.05) is 42.2 Å². The number of carboxylic acids is 2. The van der Waals surface area contributed by atoms with Gasteiger partial charge in [-0.25, -0.2) is 4.79 Å². The number of aromatic amines is 1. The van der Waals surface area contributed by atoms with E-state index in [0.717, 1.165) is 0 Å². The number of hydrogen-bond donors (Lipinski definition) is 14. The van der Waals surface area contributed by atoms with Gasteiger partial charge in [-0.1, -0.05) is 66.2 Å². The Hall–Kier alpha value is -6.31. The second-order valence-electron chi connectivity index (χ2n) is 20.3. The van der Waals surface area contributed by atoms with E-state index in [1.54, 1.807) is 58.2 Å². The molecule has 1 fully saturated rings. The number of nitrogens with two attached hydrogens (primary N) is 2. The predicted octanol–water partition coefficient (Wildman–Crippen LogP) is -0.441. The molecular weight excluding hydrogens is 1010 g/mol. The monoisotopic (exact) mass is 1090 g/mol. The number of H-pyrrole nitrogens is 1. The van der Waals surface area contributed by atoms with Crippen LogP contribution >= 0.6 is 12.6 Å². The van der Waals surface area contributed by atoms with Crippen molar-refractivity contribution in [2.24, 2.45) is 29.2 Å². The van der Waals surface area contributed by atoms with Gasteiger partial charge in [0.05, 0.1) is 6.10 Å². The van der Waals surface area contributed by atoms with Crippen molar-refractivity contribution in [2.45, 2.75) is 173 Å². The summed E-state index contributed by atoms with van der Waals surface area (Å²) in [6.07, 6.45) is 1.22. The van der Waals surface area contributed by atoms with Gasteiger partial charge in [-0.2, -0.15) is 12.6 Å². The molecule has 1 aliphatic rings. The summed E-state index contributed by atoms with van der Waals surface area (Å²) < 4.78 is 0. The zero-order chi connectivity index (χ0) is 57.0. The highest BCUT2D eigenvalue weighted by Crippen LogP contribution is 2.23. The smallest absolute Gasteiger partial charge is 0.326 e. The van der Waals surface area contributed by atoms with E-state index in [4.69, 9.17) is 11.5 Å². The van der Waals surface area contributed by atoms with Crippen LogP contribution < -0.4 is 48.7 Å². The van der Waals surface area contributed by atoms with E-state index in [1.807, 2.05) is 13.8 Å². The molecule has 25 heteroatoms. The van der Waals surface area contributed by atoms with E-state index < -0.39 is 144 Å². The highest BCUT2D eigenvalue weighted by molar-refractivity contribution is 7.80. The number of thiol groups is 1. The number of amides is 8.